The van der Waals surface area contributed by atoms with Crippen molar-refractivity contribution in [2.24, 2.45) is 7.05 Å². The molecular formula is C11H16N4S. The SMILES string of the molecule is CCCNC(c1cncs1)c1ccnn1C. The molecule has 0 bridgehead atoms. The lowest BCUT2D eigenvalue weighted by molar-refractivity contribution is 0.559. The quantitative estimate of drug-likeness (QED) is 0.863. The summed E-state index contributed by atoms with van der Waals surface area (Å²) in [6.07, 6.45) is 4.87. The lowest BCUT2D eigenvalue weighted by atomic mass is 10.2. The summed E-state index contributed by atoms with van der Waals surface area (Å²) in [6, 6.07) is 2.26. The van der Waals surface area contributed by atoms with Gasteiger partial charge in [-0.3, -0.25) is 9.67 Å². The number of aromatic nitrogens is 3. The fraction of sp³-hybridized carbons (Fsp3) is 0.455. The van der Waals surface area contributed by atoms with Crippen LogP contribution in [-0.4, -0.2) is 21.3 Å². The average Bonchev–Trinajstić information content (AvgIpc) is 2.91. The van der Waals surface area contributed by atoms with E-state index in [1.807, 2.05) is 35.7 Å². The van der Waals surface area contributed by atoms with Gasteiger partial charge in [-0.1, -0.05) is 6.92 Å². The van der Waals surface area contributed by atoms with Gasteiger partial charge < -0.3 is 5.32 Å². The van der Waals surface area contributed by atoms with Crippen molar-refractivity contribution in [3.05, 3.63) is 34.5 Å². The van der Waals surface area contributed by atoms with Crippen molar-refractivity contribution in [1.82, 2.24) is 20.1 Å². The smallest absolute Gasteiger partial charge is 0.0857 e. The minimum absolute atomic E-state index is 0.208. The molecule has 16 heavy (non-hydrogen) atoms. The largest absolute Gasteiger partial charge is 0.304 e. The summed E-state index contributed by atoms with van der Waals surface area (Å²) < 4.78 is 1.91. The molecule has 0 aromatic carbocycles. The number of rotatable bonds is 5. The molecule has 1 N–H and O–H groups in total. The molecule has 5 heteroatoms. The van der Waals surface area contributed by atoms with Crippen LogP contribution in [0.3, 0.4) is 0 Å². The number of hydrogen-bond acceptors (Lipinski definition) is 4. The molecule has 1 unspecified atom stereocenters. The Labute approximate surface area is 99.3 Å². The minimum Gasteiger partial charge on any atom is -0.304 e. The first kappa shape index (κ1) is 11.3. The van der Waals surface area contributed by atoms with Crippen molar-refractivity contribution in [3.63, 3.8) is 0 Å². The fourth-order valence-corrected chi connectivity index (χ4v) is 2.38. The predicted octanol–water partition coefficient (Wildman–Crippen LogP) is 1.97. The van der Waals surface area contributed by atoms with Crippen molar-refractivity contribution in [2.75, 3.05) is 6.54 Å². The zero-order valence-electron chi connectivity index (χ0n) is 9.55. The second-order valence-electron chi connectivity index (χ2n) is 3.67. The molecule has 0 fully saturated rings. The molecule has 1 atom stereocenters. The van der Waals surface area contributed by atoms with Gasteiger partial charge in [0, 0.05) is 24.3 Å². The van der Waals surface area contributed by atoms with Gasteiger partial charge in [0.25, 0.3) is 0 Å². The lowest BCUT2D eigenvalue weighted by Crippen LogP contribution is -2.24. The van der Waals surface area contributed by atoms with E-state index >= 15 is 0 Å². The van der Waals surface area contributed by atoms with Crippen LogP contribution < -0.4 is 5.32 Å². The van der Waals surface area contributed by atoms with Crippen LogP contribution in [0, 0.1) is 0 Å². The fourth-order valence-electron chi connectivity index (χ4n) is 1.68. The predicted molar refractivity (Wildman–Crippen MR) is 65.5 cm³/mol. The van der Waals surface area contributed by atoms with Crippen LogP contribution in [0.5, 0.6) is 0 Å². The van der Waals surface area contributed by atoms with Crippen LogP contribution in [0.25, 0.3) is 0 Å². The zero-order chi connectivity index (χ0) is 11.4. The third-order valence-corrected chi connectivity index (χ3v) is 3.33. The van der Waals surface area contributed by atoms with Gasteiger partial charge in [0.2, 0.25) is 0 Å². The molecule has 0 saturated heterocycles. The number of nitrogens with zero attached hydrogens (tertiary/aromatic N) is 3. The number of nitrogens with one attached hydrogen (secondary N) is 1. The minimum atomic E-state index is 0.208. The molecule has 2 heterocycles. The molecule has 0 aliphatic carbocycles. The van der Waals surface area contributed by atoms with E-state index in [9.17, 15) is 0 Å². The topological polar surface area (TPSA) is 42.7 Å². The molecule has 0 saturated carbocycles. The van der Waals surface area contributed by atoms with Crippen LogP contribution in [0.15, 0.2) is 24.0 Å². The molecule has 0 aliphatic rings. The molecule has 0 spiro atoms. The third kappa shape index (κ3) is 2.31. The van der Waals surface area contributed by atoms with Gasteiger partial charge in [-0.25, -0.2) is 0 Å². The van der Waals surface area contributed by atoms with Gasteiger partial charge in [0.05, 0.1) is 17.2 Å². The maximum atomic E-state index is 4.22. The van der Waals surface area contributed by atoms with Gasteiger partial charge in [-0.2, -0.15) is 5.10 Å². The lowest BCUT2D eigenvalue weighted by Gasteiger charge is -2.16. The molecular weight excluding hydrogens is 220 g/mol. The van der Waals surface area contributed by atoms with E-state index in [2.05, 4.69) is 22.3 Å². The Bertz CT molecular complexity index is 421. The molecule has 0 amide bonds. The highest BCUT2D eigenvalue weighted by atomic mass is 32.1. The highest BCUT2D eigenvalue weighted by Crippen LogP contribution is 2.24. The van der Waals surface area contributed by atoms with Gasteiger partial charge in [-0.05, 0) is 19.0 Å². The molecule has 2 aromatic rings. The highest BCUT2D eigenvalue weighted by molar-refractivity contribution is 7.09. The Balaban J connectivity index is 2.25. The van der Waals surface area contributed by atoms with Gasteiger partial charge >= 0.3 is 0 Å². The Morgan fingerprint density at radius 3 is 3.00 bits per heavy atom. The van der Waals surface area contributed by atoms with Crippen molar-refractivity contribution in [2.45, 2.75) is 19.4 Å². The van der Waals surface area contributed by atoms with E-state index in [0.29, 0.717) is 0 Å². The zero-order valence-corrected chi connectivity index (χ0v) is 10.4. The van der Waals surface area contributed by atoms with Crippen LogP contribution in [0.4, 0.5) is 0 Å². The van der Waals surface area contributed by atoms with Crippen LogP contribution >= 0.6 is 11.3 Å². The van der Waals surface area contributed by atoms with E-state index in [4.69, 9.17) is 0 Å². The van der Waals surface area contributed by atoms with Gasteiger partial charge in [0.15, 0.2) is 0 Å². The van der Waals surface area contributed by atoms with E-state index in [0.717, 1.165) is 13.0 Å². The number of hydrogen-bond donors (Lipinski definition) is 1. The molecule has 0 aliphatic heterocycles. The summed E-state index contributed by atoms with van der Waals surface area (Å²) in [5.41, 5.74) is 3.05. The Kier molecular flexibility index (Phi) is 3.69. The first-order valence-corrected chi connectivity index (χ1v) is 6.30. The van der Waals surface area contributed by atoms with Gasteiger partial charge in [0.1, 0.15) is 0 Å². The van der Waals surface area contributed by atoms with E-state index in [1.54, 1.807) is 11.3 Å². The second-order valence-corrected chi connectivity index (χ2v) is 4.59. The maximum Gasteiger partial charge on any atom is 0.0857 e. The summed E-state index contributed by atoms with van der Waals surface area (Å²) >= 11 is 1.67. The third-order valence-electron chi connectivity index (χ3n) is 2.49. The molecule has 86 valence electrons. The summed E-state index contributed by atoms with van der Waals surface area (Å²) in [5, 5.41) is 7.74. The van der Waals surface area contributed by atoms with Crippen LogP contribution in [0.2, 0.25) is 0 Å². The number of thiazole rings is 1. The summed E-state index contributed by atoms with van der Waals surface area (Å²) in [7, 11) is 1.97. The van der Waals surface area contributed by atoms with Crippen LogP contribution in [-0.2, 0) is 7.05 Å². The van der Waals surface area contributed by atoms with E-state index in [-0.39, 0.29) is 6.04 Å². The van der Waals surface area contributed by atoms with E-state index in [1.165, 1.54) is 10.6 Å². The molecule has 0 radical (unpaired) electrons. The van der Waals surface area contributed by atoms with Crippen molar-refractivity contribution < 1.29 is 0 Å². The molecule has 4 nitrogen and oxygen atoms in total. The molecule has 2 aromatic heterocycles. The first-order chi connectivity index (χ1) is 7.83. The van der Waals surface area contributed by atoms with Crippen molar-refractivity contribution in [1.29, 1.82) is 0 Å². The second kappa shape index (κ2) is 5.23. The Morgan fingerprint density at radius 2 is 2.44 bits per heavy atom. The van der Waals surface area contributed by atoms with Crippen molar-refractivity contribution in [3.8, 4) is 0 Å². The summed E-state index contributed by atoms with van der Waals surface area (Å²) in [6.45, 7) is 3.16. The van der Waals surface area contributed by atoms with E-state index < -0.39 is 0 Å². The Morgan fingerprint density at radius 1 is 1.56 bits per heavy atom. The maximum absolute atomic E-state index is 4.22. The first-order valence-electron chi connectivity index (χ1n) is 5.42. The highest BCUT2D eigenvalue weighted by Gasteiger charge is 2.17. The summed E-state index contributed by atoms with van der Waals surface area (Å²) in [5.74, 6) is 0. The summed E-state index contributed by atoms with van der Waals surface area (Å²) in [4.78, 5) is 5.37. The average molecular weight is 236 g/mol. The van der Waals surface area contributed by atoms with Crippen LogP contribution in [0.1, 0.15) is 30.0 Å². The standard InChI is InChI=1S/C11H16N4S/c1-3-5-13-11(10-7-12-8-16-10)9-4-6-14-15(9)2/h4,6-8,11,13H,3,5H2,1-2H3. The van der Waals surface area contributed by atoms with Gasteiger partial charge in [-0.15, -0.1) is 11.3 Å². The van der Waals surface area contributed by atoms with Crippen molar-refractivity contribution >= 4 is 11.3 Å². The normalized spacial score (nSPS) is 12.9. The molecule has 2 rings (SSSR count). The number of aryl methyl sites for hydroxylation is 1. The monoisotopic (exact) mass is 236 g/mol. The Hall–Kier alpha value is -1.20.